The Morgan fingerprint density at radius 2 is 1.77 bits per heavy atom. The lowest BCUT2D eigenvalue weighted by molar-refractivity contribution is 0.0458. The monoisotopic (exact) mass is 347 g/mol. The lowest BCUT2D eigenvalue weighted by atomic mass is 10.1. The molecular weight excluding hydrogens is 334 g/mol. The lowest BCUT2D eigenvalue weighted by Gasteiger charge is -2.04. The van der Waals surface area contributed by atoms with Gasteiger partial charge in [-0.05, 0) is 6.07 Å². The molecule has 0 fully saturated rings. The van der Waals surface area contributed by atoms with E-state index in [-0.39, 0.29) is 17.9 Å². The smallest absolute Gasteiger partial charge is 0.359 e. The molecule has 7 heteroatoms. The molecule has 4 rings (SSSR count). The van der Waals surface area contributed by atoms with Crippen LogP contribution in [0.1, 0.15) is 16.2 Å². The summed E-state index contributed by atoms with van der Waals surface area (Å²) in [6.07, 6.45) is 0. The summed E-state index contributed by atoms with van der Waals surface area (Å²) in [4.78, 5) is 24.1. The number of aromatic nitrogens is 3. The van der Waals surface area contributed by atoms with Gasteiger partial charge >= 0.3 is 5.97 Å². The zero-order valence-corrected chi connectivity index (χ0v) is 13.5. The Balaban J connectivity index is 1.53. The van der Waals surface area contributed by atoms with E-state index in [9.17, 15) is 9.59 Å². The number of aromatic amines is 1. The van der Waals surface area contributed by atoms with E-state index in [1.165, 1.54) is 0 Å². The van der Waals surface area contributed by atoms with Crippen molar-refractivity contribution in [2.45, 2.75) is 6.61 Å². The molecule has 0 radical (unpaired) electrons. The fraction of sp³-hybridized carbons (Fsp3) is 0.0526. The number of hydrogen-bond donors (Lipinski definition) is 1. The van der Waals surface area contributed by atoms with Gasteiger partial charge in [0.25, 0.3) is 5.56 Å². The minimum Gasteiger partial charge on any atom is -0.454 e. The standard InChI is InChI=1S/C19H13N3O4/c23-18-15-9-5-4-8-14(15)17(20-21-18)19(24)25-11-13-10-16(26-22-13)12-6-2-1-3-7-12/h1-10H,11H2,(H,21,23). The zero-order valence-electron chi connectivity index (χ0n) is 13.5. The third-order valence-corrected chi connectivity index (χ3v) is 3.86. The second-order valence-electron chi connectivity index (χ2n) is 5.57. The number of nitrogens with one attached hydrogen (secondary N) is 1. The fourth-order valence-corrected chi connectivity index (χ4v) is 2.60. The minimum absolute atomic E-state index is 0.0481. The van der Waals surface area contributed by atoms with Crippen molar-refractivity contribution in [2.24, 2.45) is 0 Å². The second kappa shape index (κ2) is 6.64. The van der Waals surface area contributed by atoms with Crippen LogP contribution in [0, 0.1) is 0 Å². The molecule has 4 aromatic rings. The number of rotatable bonds is 4. The molecule has 0 aliphatic rings. The first-order chi connectivity index (χ1) is 12.7. The van der Waals surface area contributed by atoms with Crippen molar-refractivity contribution >= 4 is 16.7 Å². The van der Waals surface area contributed by atoms with Crippen molar-refractivity contribution in [3.05, 3.63) is 82.4 Å². The Hall–Kier alpha value is -3.74. The van der Waals surface area contributed by atoms with Crippen LogP contribution in [-0.4, -0.2) is 21.3 Å². The molecule has 0 saturated heterocycles. The Morgan fingerprint density at radius 3 is 2.58 bits per heavy atom. The highest BCUT2D eigenvalue weighted by atomic mass is 16.5. The minimum atomic E-state index is -0.651. The molecule has 0 amide bonds. The maximum Gasteiger partial charge on any atom is 0.359 e. The van der Waals surface area contributed by atoms with Crippen LogP contribution in [0.2, 0.25) is 0 Å². The molecule has 0 aliphatic carbocycles. The molecule has 0 saturated carbocycles. The highest BCUT2D eigenvalue weighted by Gasteiger charge is 2.16. The van der Waals surface area contributed by atoms with Gasteiger partial charge in [-0.2, -0.15) is 5.10 Å². The van der Waals surface area contributed by atoms with Gasteiger partial charge in [-0.1, -0.05) is 53.7 Å². The fourth-order valence-electron chi connectivity index (χ4n) is 2.60. The normalized spacial score (nSPS) is 10.8. The first-order valence-electron chi connectivity index (χ1n) is 7.88. The van der Waals surface area contributed by atoms with Crippen LogP contribution in [0.5, 0.6) is 0 Å². The van der Waals surface area contributed by atoms with Crippen LogP contribution >= 0.6 is 0 Å². The van der Waals surface area contributed by atoms with Crippen molar-refractivity contribution in [2.75, 3.05) is 0 Å². The zero-order chi connectivity index (χ0) is 17.9. The maximum atomic E-state index is 12.4. The van der Waals surface area contributed by atoms with Gasteiger partial charge < -0.3 is 9.26 Å². The number of carbonyl (C=O) groups is 1. The van der Waals surface area contributed by atoms with Crippen molar-refractivity contribution < 1.29 is 14.1 Å². The van der Waals surface area contributed by atoms with Gasteiger partial charge in [0, 0.05) is 17.0 Å². The third kappa shape index (κ3) is 2.98. The van der Waals surface area contributed by atoms with E-state index >= 15 is 0 Å². The molecule has 2 heterocycles. The van der Waals surface area contributed by atoms with E-state index in [1.807, 2.05) is 30.3 Å². The van der Waals surface area contributed by atoms with Crippen molar-refractivity contribution in [3.8, 4) is 11.3 Å². The first kappa shape index (κ1) is 15.8. The summed E-state index contributed by atoms with van der Waals surface area (Å²) in [6.45, 7) is -0.0652. The van der Waals surface area contributed by atoms with Crippen LogP contribution < -0.4 is 5.56 Å². The highest BCUT2D eigenvalue weighted by Crippen LogP contribution is 2.20. The van der Waals surface area contributed by atoms with Gasteiger partial charge in [0.2, 0.25) is 0 Å². The number of ether oxygens (including phenoxy) is 1. The predicted octanol–water partition coefficient (Wildman–Crippen LogP) is 2.94. The number of H-pyrrole nitrogens is 1. The number of benzene rings is 2. The number of esters is 1. The Bertz CT molecular complexity index is 1130. The molecule has 128 valence electrons. The molecular formula is C19H13N3O4. The first-order valence-corrected chi connectivity index (χ1v) is 7.88. The number of hydrogen-bond acceptors (Lipinski definition) is 6. The van der Waals surface area contributed by atoms with Gasteiger partial charge in [-0.3, -0.25) is 4.79 Å². The van der Waals surface area contributed by atoms with E-state index in [0.717, 1.165) is 5.56 Å². The summed E-state index contributed by atoms with van der Waals surface area (Å²) < 4.78 is 10.5. The Morgan fingerprint density at radius 1 is 1.04 bits per heavy atom. The van der Waals surface area contributed by atoms with Crippen molar-refractivity contribution in [1.82, 2.24) is 15.4 Å². The summed E-state index contributed by atoms with van der Waals surface area (Å²) in [7, 11) is 0. The summed E-state index contributed by atoms with van der Waals surface area (Å²) in [6, 6.07) is 17.9. The van der Waals surface area contributed by atoms with Crippen molar-refractivity contribution in [3.63, 3.8) is 0 Å². The van der Waals surface area contributed by atoms with E-state index < -0.39 is 5.97 Å². The quantitative estimate of drug-likeness (QED) is 0.570. The lowest BCUT2D eigenvalue weighted by Crippen LogP contribution is -2.16. The topological polar surface area (TPSA) is 98.1 Å². The largest absolute Gasteiger partial charge is 0.454 e. The molecule has 0 atom stereocenters. The molecule has 26 heavy (non-hydrogen) atoms. The number of fused-ring (bicyclic) bond motifs is 1. The summed E-state index contributed by atoms with van der Waals surface area (Å²) in [5.74, 6) is -0.0639. The molecule has 1 N–H and O–H groups in total. The SMILES string of the molecule is O=C(OCc1cc(-c2ccccc2)on1)c1n[nH]c(=O)c2ccccc12. The predicted molar refractivity (Wildman–Crippen MR) is 93.4 cm³/mol. The van der Waals surface area contributed by atoms with E-state index in [1.54, 1.807) is 30.3 Å². The van der Waals surface area contributed by atoms with Gasteiger partial charge in [0.15, 0.2) is 11.5 Å². The van der Waals surface area contributed by atoms with E-state index in [0.29, 0.717) is 22.2 Å². The second-order valence-corrected chi connectivity index (χ2v) is 5.57. The van der Waals surface area contributed by atoms with E-state index in [4.69, 9.17) is 9.26 Å². The molecule has 2 aromatic carbocycles. The van der Waals surface area contributed by atoms with Crippen molar-refractivity contribution in [1.29, 1.82) is 0 Å². The molecule has 7 nitrogen and oxygen atoms in total. The number of nitrogens with zero attached hydrogens (tertiary/aromatic N) is 2. The summed E-state index contributed by atoms with van der Waals surface area (Å²) >= 11 is 0. The van der Waals surface area contributed by atoms with Gasteiger partial charge in [0.1, 0.15) is 12.3 Å². The van der Waals surface area contributed by atoms with Gasteiger partial charge in [-0.15, -0.1) is 0 Å². The Labute approximate surface area is 147 Å². The average molecular weight is 347 g/mol. The van der Waals surface area contributed by atoms with Gasteiger partial charge in [0.05, 0.1) is 5.39 Å². The van der Waals surface area contributed by atoms with Gasteiger partial charge in [-0.25, -0.2) is 9.89 Å². The van der Waals surface area contributed by atoms with E-state index in [2.05, 4.69) is 15.4 Å². The van der Waals surface area contributed by atoms with Crippen LogP contribution in [-0.2, 0) is 11.3 Å². The number of carbonyl (C=O) groups excluding carboxylic acids is 1. The van der Waals surface area contributed by atoms with Crippen LogP contribution in [0.25, 0.3) is 22.1 Å². The maximum absolute atomic E-state index is 12.4. The third-order valence-electron chi connectivity index (χ3n) is 3.86. The molecule has 2 aromatic heterocycles. The molecule has 0 aliphatic heterocycles. The Kier molecular flexibility index (Phi) is 4.03. The molecule has 0 unspecified atom stereocenters. The van der Waals surface area contributed by atoms with Crippen LogP contribution in [0.3, 0.4) is 0 Å². The molecule has 0 bridgehead atoms. The van der Waals surface area contributed by atoms with Crippen LogP contribution in [0.4, 0.5) is 0 Å². The van der Waals surface area contributed by atoms with Crippen LogP contribution in [0.15, 0.2) is 70.0 Å². The summed E-state index contributed by atoms with van der Waals surface area (Å²) in [5, 5.41) is 10.8. The molecule has 0 spiro atoms. The average Bonchev–Trinajstić information content (AvgIpc) is 3.16. The highest BCUT2D eigenvalue weighted by molar-refractivity contribution is 6.01. The summed E-state index contributed by atoms with van der Waals surface area (Å²) in [5.41, 5.74) is 1.05.